The van der Waals surface area contributed by atoms with E-state index < -0.39 is 24.6 Å². The van der Waals surface area contributed by atoms with Crippen LogP contribution in [0.3, 0.4) is 0 Å². The van der Waals surface area contributed by atoms with E-state index in [1.807, 2.05) is 0 Å². The monoisotopic (exact) mass is 205 g/mol. The van der Waals surface area contributed by atoms with E-state index >= 15 is 0 Å². The molecule has 7 heteroatoms. The summed E-state index contributed by atoms with van der Waals surface area (Å²) in [5.74, 6) is 0. The Kier molecular flexibility index (Phi) is 3.52. The minimum Gasteiger partial charge on any atom is -0.450 e. The summed E-state index contributed by atoms with van der Waals surface area (Å²) in [7, 11) is 0. The maximum Gasteiger partial charge on any atom is 0.507 e. The lowest BCUT2D eigenvalue weighted by Crippen LogP contribution is -2.44. The van der Waals surface area contributed by atoms with Gasteiger partial charge < -0.3 is 19.7 Å². The van der Waals surface area contributed by atoms with Crippen LogP contribution >= 0.6 is 0 Å². The van der Waals surface area contributed by atoms with Gasteiger partial charge in [-0.05, 0) is 6.42 Å². The van der Waals surface area contributed by atoms with E-state index in [-0.39, 0.29) is 6.42 Å². The topological polar surface area (TPSA) is 105 Å². The van der Waals surface area contributed by atoms with Gasteiger partial charge in [-0.1, -0.05) is 0 Å². The Morgan fingerprint density at radius 3 is 2.43 bits per heavy atom. The van der Waals surface area contributed by atoms with E-state index in [4.69, 9.17) is 10.2 Å². The van der Waals surface area contributed by atoms with Gasteiger partial charge in [0.15, 0.2) is 6.23 Å². The zero-order valence-corrected chi connectivity index (χ0v) is 7.30. The number of rotatable bonds is 2. The van der Waals surface area contributed by atoms with Crippen LogP contribution in [0.5, 0.6) is 0 Å². The van der Waals surface area contributed by atoms with Crippen LogP contribution in [-0.2, 0) is 9.47 Å². The van der Waals surface area contributed by atoms with Gasteiger partial charge >= 0.3 is 12.3 Å². The van der Waals surface area contributed by atoms with Gasteiger partial charge in [0, 0.05) is 13.0 Å². The van der Waals surface area contributed by atoms with Crippen LogP contribution in [0.15, 0.2) is 0 Å². The fraction of sp³-hybridized carbons (Fsp3) is 0.714. The van der Waals surface area contributed by atoms with E-state index in [9.17, 15) is 9.59 Å². The molecule has 0 aromatic rings. The second-order valence-electron chi connectivity index (χ2n) is 2.86. The summed E-state index contributed by atoms with van der Waals surface area (Å²) in [6, 6.07) is 0. The van der Waals surface area contributed by atoms with Gasteiger partial charge in [-0.15, -0.1) is 0 Å². The highest BCUT2D eigenvalue weighted by Gasteiger charge is 2.26. The summed E-state index contributed by atoms with van der Waals surface area (Å²) < 4.78 is 8.94. The average molecular weight is 205 g/mol. The lowest BCUT2D eigenvalue weighted by Gasteiger charge is -2.27. The summed E-state index contributed by atoms with van der Waals surface area (Å²) in [6.07, 6.45) is -3.21. The summed E-state index contributed by atoms with van der Waals surface area (Å²) in [6.45, 7) is 0.468. The van der Waals surface area contributed by atoms with Crippen molar-refractivity contribution in [2.45, 2.75) is 25.2 Å². The zero-order valence-electron chi connectivity index (χ0n) is 7.30. The second kappa shape index (κ2) is 4.66. The Balaban J connectivity index is 2.35. The van der Waals surface area contributed by atoms with Crippen molar-refractivity contribution >= 4 is 12.3 Å². The van der Waals surface area contributed by atoms with Crippen LogP contribution in [0.25, 0.3) is 0 Å². The Morgan fingerprint density at radius 1 is 1.21 bits per heavy atom. The number of hydrogen-bond acceptors (Lipinski definition) is 5. The maximum atomic E-state index is 10.2. The zero-order chi connectivity index (χ0) is 10.6. The fourth-order valence-corrected chi connectivity index (χ4v) is 1.31. The molecule has 0 saturated carbocycles. The first kappa shape index (κ1) is 10.6. The first-order chi connectivity index (χ1) is 6.58. The molecule has 1 fully saturated rings. The molecule has 2 atom stereocenters. The summed E-state index contributed by atoms with van der Waals surface area (Å²) in [5, 5.41) is 19.4. The highest BCUT2D eigenvalue weighted by atomic mass is 16.7. The molecule has 14 heavy (non-hydrogen) atoms. The van der Waals surface area contributed by atoms with Crippen molar-refractivity contribution in [2.24, 2.45) is 0 Å². The Labute approximate surface area is 79.6 Å². The van der Waals surface area contributed by atoms with Gasteiger partial charge in [0.05, 0.1) is 0 Å². The van der Waals surface area contributed by atoms with Crippen LogP contribution in [0.4, 0.5) is 9.59 Å². The summed E-state index contributed by atoms with van der Waals surface area (Å²) >= 11 is 0. The molecule has 1 aliphatic rings. The predicted molar refractivity (Wildman–Crippen MR) is 43.0 cm³/mol. The third-order valence-corrected chi connectivity index (χ3v) is 1.83. The lowest BCUT2D eigenvalue weighted by molar-refractivity contribution is -0.0256. The van der Waals surface area contributed by atoms with Gasteiger partial charge in [0.25, 0.3) is 0 Å². The normalized spacial score (nSPS) is 26.6. The van der Waals surface area contributed by atoms with Crippen LogP contribution < -0.4 is 5.32 Å². The number of nitrogens with one attached hydrogen (secondary N) is 1. The second-order valence-corrected chi connectivity index (χ2v) is 2.86. The average Bonchev–Trinajstić information content (AvgIpc) is 2.01. The fourth-order valence-electron chi connectivity index (χ4n) is 1.31. The molecule has 1 saturated heterocycles. The van der Waals surface area contributed by atoms with Gasteiger partial charge in [0.1, 0.15) is 6.10 Å². The molecular weight excluding hydrogens is 194 g/mol. The maximum absolute atomic E-state index is 10.2. The van der Waals surface area contributed by atoms with Crippen LogP contribution in [0.2, 0.25) is 0 Å². The SMILES string of the molecule is O=C(O)OC1CCNC(OC(=O)O)C1. The molecule has 2 unspecified atom stereocenters. The van der Waals surface area contributed by atoms with E-state index in [1.165, 1.54) is 0 Å². The van der Waals surface area contributed by atoms with Crippen molar-refractivity contribution in [3.8, 4) is 0 Å². The molecular formula is C7H11NO6. The lowest BCUT2D eigenvalue weighted by atomic mass is 10.1. The molecule has 0 amide bonds. The Bertz CT molecular complexity index is 208. The molecule has 0 aromatic carbocycles. The Hall–Kier alpha value is -1.50. The van der Waals surface area contributed by atoms with Gasteiger partial charge in [-0.25, -0.2) is 9.59 Å². The van der Waals surface area contributed by atoms with Crippen molar-refractivity contribution < 1.29 is 29.3 Å². The highest BCUT2D eigenvalue weighted by molar-refractivity contribution is 5.57. The molecule has 1 heterocycles. The van der Waals surface area contributed by atoms with Crippen LogP contribution in [0, 0.1) is 0 Å². The molecule has 0 spiro atoms. The first-order valence-corrected chi connectivity index (χ1v) is 4.10. The van der Waals surface area contributed by atoms with Crippen LogP contribution in [0.1, 0.15) is 12.8 Å². The van der Waals surface area contributed by atoms with Crippen molar-refractivity contribution in [3.63, 3.8) is 0 Å². The molecule has 7 nitrogen and oxygen atoms in total. The molecule has 1 aliphatic heterocycles. The minimum atomic E-state index is -1.39. The number of piperidine rings is 1. The van der Waals surface area contributed by atoms with Gasteiger partial charge in [0.2, 0.25) is 0 Å². The van der Waals surface area contributed by atoms with E-state index in [0.29, 0.717) is 13.0 Å². The van der Waals surface area contributed by atoms with Crippen LogP contribution in [-0.4, -0.2) is 41.4 Å². The molecule has 0 aliphatic carbocycles. The molecule has 0 aromatic heterocycles. The van der Waals surface area contributed by atoms with Crippen molar-refractivity contribution in [1.29, 1.82) is 0 Å². The van der Waals surface area contributed by atoms with Crippen molar-refractivity contribution in [3.05, 3.63) is 0 Å². The van der Waals surface area contributed by atoms with E-state index in [2.05, 4.69) is 14.8 Å². The Morgan fingerprint density at radius 2 is 1.86 bits per heavy atom. The molecule has 0 radical (unpaired) electrons. The summed E-state index contributed by atoms with van der Waals surface area (Å²) in [5.41, 5.74) is 0. The minimum absolute atomic E-state index is 0.207. The van der Waals surface area contributed by atoms with Crippen molar-refractivity contribution in [1.82, 2.24) is 5.32 Å². The van der Waals surface area contributed by atoms with Crippen molar-refractivity contribution in [2.75, 3.05) is 6.54 Å². The molecule has 1 rings (SSSR count). The third kappa shape index (κ3) is 3.48. The number of carboxylic acid groups (broad SMARTS) is 2. The largest absolute Gasteiger partial charge is 0.507 e. The highest BCUT2D eigenvalue weighted by Crippen LogP contribution is 2.13. The van der Waals surface area contributed by atoms with E-state index in [1.54, 1.807) is 0 Å². The number of hydrogen-bond donors (Lipinski definition) is 3. The quantitative estimate of drug-likeness (QED) is 0.562. The standard InChI is InChI=1S/C7H11NO6/c9-6(10)13-4-1-2-8-5(3-4)14-7(11)12/h4-5,8H,1-3H2,(H,9,10)(H,11,12). The molecule has 3 N–H and O–H groups in total. The van der Waals surface area contributed by atoms with Gasteiger partial charge in [-0.2, -0.15) is 0 Å². The van der Waals surface area contributed by atoms with E-state index in [0.717, 1.165) is 0 Å². The number of ether oxygens (including phenoxy) is 2. The first-order valence-electron chi connectivity index (χ1n) is 4.10. The predicted octanol–water partition coefficient (Wildman–Crippen LogP) is 0.454. The van der Waals surface area contributed by atoms with Gasteiger partial charge in [-0.3, -0.25) is 5.32 Å². The summed E-state index contributed by atoms with van der Waals surface area (Å²) in [4.78, 5) is 20.4. The molecule has 80 valence electrons. The smallest absolute Gasteiger partial charge is 0.450 e. The molecule has 0 bridgehead atoms. The third-order valence-electron chi connectivity index (χ3n) is 1.83. The number of carbonyl (C=O) groups is 2.